The van der Waals surface area contributed by atoms with Crippen molar-refractivity contribution in [3.63, 3.8) is 0 Å². The van der Waals surface area contributed by atoms with Crippen LogP contribution in [0.3, 0.4) is 0 Å². The second-order valence-electron chi connectivity index (χ2n) is 7.33. The van der Waals surface area contributed by atoms with Crippen LogP contribution in [0.25, 0.3) is 11.1 Å². The van der Waals surface area contributed by atoms with Gasteiger partial charge in [0, 0.05) is 16.8 Å². The van der Waals surface area contributed by atoms with Crippen LogP contribution in [0.5, 0.6) is 0 Å². The van der Waals surface area contributed by atoms with Gasteiger partial charge in [0.05, 0.1) is 0 Å². The normalized spacial score (nSPS) is 10.5. The molecule has 0 saturated heterocycles. The smallest absolute Gasteiger partial charge is 0.292 e. The van der Waals surface area contributed by atoms with E-state index in [2.05, 4.69) is 39.9 Å². The number of carbonyl (C=O) groups excluding carboxylic acids is 2. The van der Waals surface area contributed by atoms with Crippen molar-refractivity contribution in [2.24, 2.45) is 0 Å². The summed E-state index contributed by atoms with van der Waals surface area (Å²) in [6.45, 7) is 9.63. The van der Waals surface area contributed by atoms with Gasteiger partial charge in [0.1, 0.15) is 5.82 Å². The van der Waals surface area contributed by atoms with Gasteiger partial charge < -0.3 is 0 Å². The minimum absolute atomic E-state index is 0.405. The molecule has 0 aliphatic carbocycles. The summed E-state index contributed by atoms with van der Waals surface area (Å²) in [5, 5.41) is 5.06. The summed E-state index contributed by atoms with van der Waals surface area (Å²) < 4.78 is 0. The number of carbonyl (C=O) groups is 2. The summed E-state index contributed by atoms with van der Waals surface area (Å²) in [5.41, 5.74) is 7.29. The number of aromatic nitrogens is 1. The van der Waals surface area contributed by atoms with Gasteiger partial charge in [-0.3, -0.25) is 15.4 Å². The standard InChI is InChI=1S/C24H25N3O2/c1-14-9-11-19(12-10-14)22-17(4)13-20(25-18(22)5)26-24(29)27-23(28)21-15(2)7-6-8-16(21)3/h6-13H,1-5H3,(H2,25,26,27,28,29). The average molecular weight is 387 g/mol. The van der Waals surface area contributed by atoms with Crippen molar-refractivity contribution in [2.45, 2.75) is 34.6 Å². The van der Waals surface area contributed by atoms with Gasteiger partial charge in [-0.05, 0) is 62.9 Å². The number of hydrogen-bond acceptors (Lipinski definition) is 3. The molecule has 0 spiro atoms. The molecule has 5 heteroatoms. The Bertz CT molecular complexity index is 1040. The Morgan fingerprint density at radius 2 is 1.45 bits per heavy atom. The minimum atomic E-state index is -0.605. The molecule has 1 heterocycles. The first-order chi connectivity index (χ1) is 13.8. The van der Waals surface area contributed by atoms with Crippen LogP contribution in [0.1, 0.15) is 38.3 Å². The minimum Gasteiger partial charge on any atom is -0.292 e. The number of pyridine rings is 1. The maximum Gasteiger partial charge on any atom is 0.327 e. The zero-order chi connectivity index (χ0) is 21.1. The number of imide groups is 1. The second-order valence-corrected chi connectivity index (χ2v) is 7.33. The molecule has 3 rings (SSSR count). The zero-order valence-electron chi connectivity index (χ0n) is 17.4. The Balaban J connectivity index is 1.77. The van der Waals surface area contributed by atoms with E-state index in [1.807, 2.05) is 58.9 Å². The highest BCUT2D eigenvalue weighted by Gasteiger charge is 2.16. The van der Waals surface area contributed by atoms with E-state index in [4.69, 9.17) is 0 Å². The van der Waals surface area contributed by atoms with Crippen molar-refractivity contribution in [3.05, 3.63) is 82.0 Å². The van der Waals surface area contributed by atoms with Gasteiger partial charge in [-0.15, -0.1) is 0 Å². The Morgan fingerprint density at radius 1 is 0.828 bits per heavy atom. The molecule has 0 aliphatic rings. The maximum absolute atomic E-state index is 12.5. The van der Waals surface area contributed by atoms with Crippen molar-refractivity contribution < 1.29 is 9.59 Å². The van der Waals surface area contributed by atoms with E-state index in [0.717, 1.165) is 33.5 Å². The number of amides is 3. The zero-order valence-corrected chi connectivity index (χ0v) is 17.4. The summed E-state index contributed by atoms with van der Waals surface area (Å²) in [5.74, 6) is -0.0227. The summed E-state index contributed by atoms with van der Waals surface area (Å²) in [4.78, 5) is 29.4. The number of rotatable bonds is 3. The highest BCUT2D eigenvalue weighted by Crippen LogP contribution is 2.28. The Labute approximate surface area is 171 Å². The first kappa shape index (κ1) is 20.3. The SMILES string of the molecule is Cc1ccc(-c2c(C)cc(NC(=O)NC(=O)c3c(C)cccc3C)nc2C)cc1. The van der Waals surface area contributed by atoms with Crippen molar-refractivity contribution in [3.8, 4) is 11.1 Å². The number of aryl methyl sites for hydroxylation is 5. The molecule has 2 N–H and O–H groups in total. The van der Waals surface area contributed by atoms with E-state index in [1.54, 1.807) is 0 Å². The molecule has 0 radical (unpaired) electrons. The molecular formula is C24H25N3O2. The largest absolute Gasteiger partial charge is 0.327 e. The molecular weight excluding hydrogens is 362 g/mol. The molecule has 148 valence electrons. The van der Waals surface area contributed by atoms with Gasteiger partial charge in [-0.1, -0.05) is 48.0 Å². The molecule has 1 aromatic heterocycles. The fraction of sp³-hybridized carbons (Fsp3) is 0.208. The van der Waals surface area contributed by atoms with E-state index in [9.17, 15) is 9.59 Å². The highest BCUT2D eigenvalue weighted by molar-refractivity contribution is 6.09. The third-order valence-corrected chi connectivity index (χ3v) is 4.91. The van der Waals surface area contributed by atoms with E-state index >= 15 is 0 Å². The molecule has 29 heavy (non-hydrogen) atoms. The summed E-state index contributed by atoms with van der Waals surface area (Å²) in [6, 6.07) is 15.0. The van der Waals surface area contributed by atoms with Crippen LogP contribution >= 0.6 is 0 Å². The summed E-state index contributed by atoms with van der Waals surface area (Å²) in [6.07, 6.45) is 0. The quantitative estimate of drug-likeness (QED) is 0.644. The predicted molar refractivity (Wildman–Crippen MR) is 116 cm³/mol. The van der Waals surface area contributed by atoms with Crippen LogP contribution in [0, 0.1) is 34.6 Å². The van der Waals surface area contributed by atoms with Crippen molar-refractivity contribution in [2.75, 3.05) is 5.32 Å². The predicted octanol–water partition coefficient (Wildman–Crippen LogP) is 5.25. The van der Waals surface area contributed by atoms with Crippen LogP contribution in [-0.4, -0.2) is 16.9 Å². The van der Waals surface area contributed by atoms with Crippen LogP contribution in [-0.2, 0) is 0 Å². The first-order valence-corrected chi connectivity index (χ1v) is 9.50. The lowest BCUT2D eigenvalue weighted by Gasteiger charge is -2.14. The second kappa shape index (κ2) is 8.27. The number of urea groups is 1. The molecule has 0 atom stereocenters. The molecule has 5 nitrogen and oxygen atoms in total. The molecule has 0 saturated carbocycles. The Hall–Kier alpha value is -3.47. The van der Waals surface area contributed by atoms with Crippen molar-refractivity contribution >= 4 is 17.8 Å². The van der Waals surface area contributed by atoms with Crippen molar-refractivity contribution in [1.82, 2.24) is 10.3 Å². The summed E-state index contributed by atoms with van der Waals surface area (Å²) in [7, 11) is 0. The average Bonchev–Trinajstić information content (AvgIpc) is 2.62. The highest BCUT2D eigenvalue weighted by atomic mass is 16.2. The van der Waals surface area contributed by atoms with Crippen LogP contribution in [0.2, 0.25) is 0 Å². The lowest BCUT2D eigenvalue weighted by Crippen LogP contribution is -2.35. The molecule has 0 unspecified atom stereocenters. The van der Waals surface area contributed by atoms with Gasteiger partial charge in [-0.2, -0.15) is 0 Å². The lowest BCUT2D eigenvalue weighted by atomic mass is 9.98. The van der Waals surface area contributed by atoms with E-state index in [-0.39, 0.29) is 0 Å². The topological polar surface area (TPSA) is 71.1 Å². The summed E-state index contributed by atoms with van der Waals surface area (Å²) >= 11 is 0. The van der Waals surface area contributed by atoms with Gasteiger partial charge >= 0.3 is 6.03 Å². The molecule has 0 bridgehead atoms. The third-order valence-electron chi connectivity index (χ3n) is 4.91. The Morgan fingerprint density at radius 3 is 2.03 bits per heavy atom. The number of hydrogen-bond donors (Lipinski definition) is 2. The fourth-order valence-corrected chi connectivity index (χ4v) is 3.54. The Kier molecular flexibility index (Phi) is 5.78. The lowest BCUT2D eigenvalue weighted by molar-refractivity contribution is 0.0966. The maximum atomic E-state index is 12.5. The van der Waals surface area contributed by atoms with Crippen molar-refractivity contribution in [1.29, 1.82) is 0 Å². The van der Waals surface area contributed by atoms with E-state index in [1.165, 1.54) is 5.56 Å². The first-order valence-electron chi connectivity index (χ1n) is 9.50. The number of nitrogens with one attached hydrogen (secondary N) is 2. The van der Waals surface area contributed by atoms with Gasteiger partial charge in [0.2, 0.25) is 0 Å². The number of nitrogens with zero attached hydrogens (tertiary/aromatic N) is 1. The van der Waals surface area contributed by atoms with Crippen LogP contribution in [0.4, 0.5) is 10.6 Å². The number of anilines is 1. The molecule has 0 fully saturated rings. The van der Waals surface area contributed by atoms with Crippen LogP contribution < -0.4 is 10.6 Å². The molecule has 0 aliphatic heterocycles. The third kappa shape index (κ3) is 4.51. The van der Waals surface area contributed by atoms with Gasteiger partial charge in [0.25, 0.3) is 5.91 Å². The van der Waals surface area contributed by atoms with Crippen LogP contribution in [0.15, 0.2) is 48.5 Å². The molecule has 3 aromatic rings. The van der Waals surface area contributed by atoms with E-state index in [0.29, 0.717) is 11.4 Å². The van der Waals surface area contributed by atoms with Gasteiger partial charge in [0.15, 0.2) is 0 Å². The number of benzene rings is 2. The fourth-order valence-electron chi connectivity index (χ4n) is 3.54. The van der Waals surface area contributed by atoms with E-state index < -0.39 is 11.9 Å². The molecule has 3 amide bonds. The molecule has 2 aromatic carbocycles. The monoisotopic (exact) mass is 387 g/mol. The van der Waals surface area contributed by atoms with Gasteiger partial charge in [-0.25, -0.2) is 9.78 Å².